The van der Waals surface area contributed by atoms with E-state index in [0.29, 0.717) is 11.4 Å². The van der Waals surface area contributed by atoms with Crippen LogP contribution in [-0.4, -0.2) is 25.6 Å². The number of nitrogens with zero attached hydrogens (tertiary/aromatic N) is 4. The fraction of sp³-hybridized carbons (Fsp3) is 0.467. The molecule has 0 aliphatic carbocycles. The van der Waals surface area contributed by atoms with Crippen molar-refractivity contribution in [3.63, 3.8) is 0 Å². The van der Waals surface area contributed by atoms with Crippen LogP contribution in [0.4, 0.5) is 0 Å². The van der Waals surface area contributed by atoms with Crippen molar-refractivity contribution in [2.45, 2.75) is 46.5 Å². The normalized spacial score (nSPS) is 10.8. The molecule has 0 aliphatic rings. The molecule has 0 bridgehead atoms. The Balaban J connectivity index is 2.68. The minimum Gasteiger partial charge on any atom is -0.384 e. The quantitative estimate of drug-likeness (QED) is 0.627. The van der Waals surface area contributed by atoms with Crippen molar-refractivity contribution in [3.05, 3.63) is 35.0 Å². The van der Waals surface area contributed by atoms with E-state index in [4.69, 9.17) is 11.1 Å². The second-order valence-electron chi connectivity index (χ2n) is 4.91. The summed E-state index contributed by atoms with van der Waals surface area (Å²) in [6.07, 6.45) is 7.00. The van der Waals surface area contributed by atoms with Gasteiger partial charge in [-0.3, -0.25) is 9.98 Å². The SMILES string of the molecule is CCCc1nccn1-c1nnc(CC)c(CC)c1C(=N)N. The molecule has 0 atom stereocenters. The van der Waals surface area contributed by atoms with E-state index in [-0.39, 0.29) is 5.84 Å². The molecule has 0 amide bonds. The maximum absolute atomic E-state index is 7.94. The number of nitrogens with two attached hydrogens (primary N) is 1. The average Bonchev–Trinajstić information content (AvgIpc) is 2.93. The highest BCUT2D eigenvalue weighted by Gasteiger charge is 2.19. The highest BCUT2D eigenvalue weighted by atomic mass is 15.2. The molecule has 2 heterocycles. The van der Waals surface area contributed by atoms with E-state index in [1.807, 2.05) is 24.6 Å². The Kier molecular flexibility index (Phi) is 4.67. The zero-order chi connectivity index (χ0) is 15.4. The molecule has 2 aromatic heterocycles. The minimum absolute atomic E-state index is 0.0302. The van der Waals surface area contributed by atoms with Crippen LogP contribution in [0.2, 0.25) is 0 Å². The summed E-state index contributed by atoms with van der Waals surface area (Å²) in [6, 6.07) is 0. The highest BCUT2D eigenvalue weighted by molar-refractivity contribution is 5.99. The molecule has 0 unspecified atom stereocenters. The first kappa shape index (κ1) is 15.2. The minimum atomic E-state index is 0.0302. The van der Waals surface area contributed by atoms with E-state index in [0.717, 1.165) is 42.8 Å². The molecule has 21 heavy (non-hydrogen) atoms. The Bertz CT molecular complexity index is 644. The van der Waals surface area contributed by atoms with E-state index < -0.39 is 0 Å². The van der Waals surface area contributed by atoms with Gasteiger partial charge in [0.2, 0.25) is 0 Å². The fourth-order valence-corrected chi connectivity index (χ4v) is 2.55. The standard InChI is InChI=1S/C15H22N6/c1-4-7-12-18-8-9-21(12)15-13(14(16)17)10(5-2)11(6-3)19-20-15/h8-9H,4-7H2,1-3H3,(H3,16,17). The Hall–Kier alpha value is -2.24. The van der Waals surface area contributed by atoms with Gasteiger partial charge in [-0.1, -0.05) is 20.8 Å². The maximum atomic E-state index is 7.94. The predicted octanol–water partition coefficient (Wildman–Crippen LogP) is 2.02. The first-order valence-electron chi connectivity index (χ1n) is 7.39. The van der Waals surface area contributed by atoms with Gasteiger partial charge in [0.25, 0.3) is 0 Å². The Morgan fingerprint density at radius 3 is 2.57 bits per heavy atom. The number of amidine groups is 1. The number of aromatic nitrogens is 4. The summed E-state index contributed by atoms with van der Waals surface area (Å²) >= 11 is 0. The van der Waals surface area contributed by atoms with Crippen molar-refractivity contribution in [3.8, 4) is 5.82 Å². The van der Waals surface area contributed by atoms with Crippen LogP contribution in [0.1, 0.15) is 49.8 Å². The molecule has 112 valence electrons. The third kappa shape index (κ3) is 2.79. The van der Waals surface area contributed by atoms with Crippen LogP contribution in [0, 0.1) is 5.41 Å². The predicted molar refractivity (Wildman–Crippen MR) is 82.9 cm³/mol. The summed E-state index contributed by atoms with van der Waals surface area (Å²) < 4.78 is 1.89. The number of nitrogen functional groups attached to an aromatic ring is 1. The average molecular weight is 286 g/mol. The Morgan fingerprint density at radius 2 is 2.00 bits per heavy atom. The van der Waals surface area contributed by atoms with Gasteiger partial charge < -0.3 is 5.73 Å². The van der Waals surface area contributed by atoms with Crippen LogP contribution < -0.4 is 5.73 Å². The molecule has 0 aromatic carbocycles. The van der Waals surface area contributed by atoms with Gasteiger partial charge in [0.15, 0.2) is 5.82 Å². The van der Waals surface area contributed by atoms with Crippen LogP contribution in [0.3, 0.4) is 0 Å². The van der Waals surface area contributed by atoms with Crippen molar-refractivity contribution in [2.24, 2.45) is 5.73 Å². The molecule has 2 aromatic rings. The second kappa shape index (κ2) is 6.47. The largest absolute Gasteiger partial charge is 0.384 e. The topological polar surface area (TPSA) is 93.5 Å². The van der Waals surface area contributed by atoms with Gasteiger partial charge in [-0.15, -0.1) is 5.10 Å². The summed E-state index contributed by atoms with van der Waals surface area (Å²) in [5, 5.41) is 16.6. The molecule has 0 fully saturated rings. The maximum Gasteiger partial charge on any atom is 0.172 e. The van der Waals surface area contributed by atoms with Gasteiger partial charge in [0.1, 0.15) is 11.7 Å². The molecule has 0 spiro atoms. The molecular weight excluding hydrogens is 264 g/mol. The highest BCUT2D eigenvalue weighted by Crippen LogP contribution is 2.21. The third-order valence-corrected chi connectivity index (χ3v) is 3.52. The van der Waals surface area contributed by atoms with Crippen molar-refractivity contribution >= 4 is 5.84 Å². The van der Waals surface area contributed by atoms with Crippen LogP contribution in [0.15, 0.2) is 12.4 Å². The lowest BCUT2D eigenvalue weighted by molar-refractivity contribution is 0.769. The first-order chi connectivity index (χ1) is 10.1. The molecule has 0 saturated heterocycles. The smallest absolute Gasteiger partial charge is 0.172 e. The molecule has 6 heteroatoms. The van der Waals surface area contributed by atoms with Crippen LogP contribution in [0.25, 0.3) is 5.82 Å². The summed E-state index contributed by atoms with van der Waals surface area (Å²) in [5.74, 6) is 1.56. The zero-order valence-electron chi connectivity index (χ0n) is 12.8. The Labute approximate surface area is 124 Å². The molecule has 0 saturated carbocycles. The van der Waals surface area contributed by atoms with E-state index >= 15 is 0 Å². The zero-order valence-corrected chi connectivity index (χ0v) is 12.8. The van der Waals surface area contributed by atoms with Crippen LogP contribution in [0.5, 0.6) is 0 Å². The lowest BCUT2D eigenvalue weighted by atomic mass is 10.0. The number of imidazole rings is 1. The van der Waals surface area contributed by atoms with Crippen molar-refractivity contribution < 1.29 is 0 Å². The molecule has 6 nitrogen and oxygen atoms in total. The summed E-state index contributed by atoms with van der Waals surface area (Å²) in [4.78, 5) is 4.36. The number of hydrogen-bond acceptors (Lipinski definition) is 4. The van der Waals surface area contributed by atoms with Crippen LogP contribution >= 0.6 is 0 Å². The fourth-order valence-electron chi connectivity index (χ4n) is 2.55. The van der Waals surface area contributed by atoms with Gasteiger partial charge in [-0.2, -0.15) is 5.10 Å². The van der Waals surface area contributed by atoms with E-state index in [9.17, 15) is 0 Å². The van der Waals surface area contributed by atoms with Crippen molar-refractivity contribution in [1.82, 2.24) is 19.7 Å². The molecule has 3 N–H and O–H groups in total. The van der Waals surface area contributed by atoms with Crippen molar-refractivity contribution in [2.75, 3.05) is 0 Å². The van der Waals surface area contributed by atoms with Gasteiger partial charge in [-0.25, -0.2) is 4.98 Å². The first-order valence-corrected chi connectivity index (χ1v) is 7.39. The summed E-state index contributed by atoms with van der Waals surface area (Å²) in [7, 11) is 0. The number of rotatable bonds is 6. The molecule has 0 aliphatic heterocycles. The number of hydrogen-bond donors (Lipinski definition) is 2. The summed E-state index contributed by atoms with van der Waals surface area (Å²) in [6.45, 7) is 6.19. The monoisotopic (exact) mass is 286 g/mol. The molecule has 0 radical (unpaired) electrons. The van der Waals surface area contributed by atoms with Crippen molar-refractivity contribution in [1.29, 1.82) is 5.41 Å². The van der Waals surface area contributed by atoms with E-state index in [2.05, 4.69) is 22.1 Å². The lowest BCUT2D eigenvalue weighted by Gasteiger charge is -2.16. The summed E-state index contributed by atoms with van der Waals surface area (Å²) in [5.41, 5.74) is 8.42. The number of nitrogens with one attached hydrogen (secondary N) is 1. The van der Waals surface area contributed by atoms with Gasteiger partial charge in [-0.05, 0) is 24.8 Å². The molecular formula is C15H22N6. The molecule has 2 rings (SSSR count). The van der Waals surface area contributed by atoms with E-state index in [1.165, 1.54) is 0 Å². The van der Waals surface area contributed by atoms with Gasteiger partial charge >= 0.3 is 0 Å². The van der Waals surface area contributed by atoms with E-state index in [1.54, 1.807) is 6.20 Å². The Morgan fingerprint density at radius 1 is 1.24 bits per heavy atom. The van der Waals surface area contributed by atoms with Gasteiger partial charge in [0.05, 0.1) is 11.3 Å². The number of aryl methyl sites for hydroxylation is 2. The van der Waals surface area contributed by atoms with Gasteiger partial charge in [0, 0.05) is 18.8 Å². The lowest BCUT2D eigenvalue weighted by Crippen LogP contribution is -2.21. The third-order valence-electron chi connectivity index (χ3n) is 3.52. The second-order valence-corrected chi connectivity index (χ2v) is 4.91. The van der Waals surface area contributed by atoms with Crippen LogP contribution in [-0.2, 0) is 19.3 Å².